The highest BCUT2D eigenvalue weighted by Gasteiger charge is 2.59. The van der Waals surface area contributed by atoms with Gasteiger partial charge in [-0.1, -0.05) is 0 Å². The first kappa shape index (κ1) is 20.9. The van der Waals surface area contributed by atoms with Gasteiger partial charge >= 0.3 is 6.09 Å². The molecule has 0 spiro atoms. The van der Waals surface area contributed by atoms with Gasteiger partial charge in [-0.3, -0.25) is 14.5 Å². The number of likely N-dealkylation sites (tertiary alicyclic amines) is 1. The fourth-order valence-corrected chi connectivity index (χ4v) is 8.05. The Morgan fingerprint density at radius 3 is 2.76 bits per heavy atom. The molecule has 3 atom stereocenters. The molecule has 4 bridgehead atoms. The van der Waals surface area contributed by atoms with Crippen molar-refractivity contribution in [2.24, 2.45) is 28.9 Å². The first-order valence-corrected chi connectivity index (χ1v) is 12.7. The summed E-state index contributed by atoms with van der Waals surface area (Å²) in [4.78, 5) is 46.3. The minimum Gasteiger partial charge on any atom is -0.445 e. The Morgan fingerprint density at radius 1 is 1.24 bits per heavy atom. The summed E-state index contributed by atoms with van der Waals surface area (Å²) in [5.41, 5.74) is 6.76. The molecule has 9 heteroatoms. The molecule has 1 saturated heterocycles. The van der Waals surface area contributed by atoms with Crippen LogP contribution in [-0.2, 0) is 9.53 Å². The molecule has 3 N–H and O–H groups in total. The lowest BCUT2D eigenvalue weighted by Crippen LogP contribution is -2.59. The number of carbonyl (C=O) groups is 2. The van der Waals surface area contributed by atoms with Crippen LogP contribution in [0.25, 0.3) is 11.3 Å². The number of pyridine rings is 1. The summed E-state index contributed by atoms with van der Waals surface area (Å²) >= 11 is 1.52. The highest BCUT2D eigenvalue weighted by Crippen LogP contribution is 2.60. The average molecular weight is 469 g/mol. The molecule has 5 fully saturated rings. The van der Waals surface area contributed by atoms with Gasteiger partial charge in [-0.25, -0.2) is 9.78 Å². The maximum Gasteiger partial charge on any atom is 0.410 e. The van der Waals surface area contributed by atoms with Crippen LogP contribution in [0.1, 0.15) is 56.0 Å². The summed E-state index contributed by atoms with van der Waals surface area (Å²) in [6, 6.07) is 3.25. The summed E-state index contributed by atoms with van der Waals surface area (Å²) in [6.07, 6.45) is 7.45. The fourth-order valence-electron chi connectivity index (χ4n) is 7.08. The highest BCUT2D eigenvalue weighted by molar-refractivity contribution is 7.10. The lowest BCUT2D eigenvalue weighted by atomic mass is 9.48. The number of hydrogen-bond acceptors (Lipinski definition) is 6. The second kappa shape index (κ2) is 7.68. The maximum absolute atomic E-state index is 13.3. The first-order chi connectivity index (χ1) is 15.9. The molecule has 0 aromatic carbocycles. The van der Waals surface area contributed by atoms with Crippen LogP contribution >= 0.6 is 11.3 Å². The van der Waals surface area contributed by atoms with Crippen LogP contribution in [0.3, 0.4) is 0 Å². The van der Waals surface area contributed by atoms with Crippen molar-refractivity contribution in [2.75, 3.05) is 6.54 Å². The Balaban J connectivity index is 1.18. The maximum atomic E-state index is 13.3. The van der Waals surface area contributed by atoms with E-state index in [1.165, 1.54) is 17.4 Å². The third-order valence-electron chi connectivity index (χ3n) is 8.31. The van der Waals surface area contributed by atoms with Gasteiger partial charge in [0.2, 0.25) is 11.5 Å². The Kier molecular flexibility index (Phi) is 4.87. The molecule has 2 amide bonds. The van der Waals surface area contributed by atoms with Gasteiger partial charge in [-0.2, -0.15) is 0 Å². The van der Waals surface area contributed by atoms with E-state index < -0.39 is 0 Å². The van der Waals surface area contributed by atoms with Crippen LogP contribution in [-0.4, -0.2) is 39.5 Å². The van der Waals surface area contributed by atoms with E-state index in [4.69, 9.17) is 15.5 Å². The van der Waals surface area contributed by atoms with Crippen LogP contribution in [0, 0.1) is 23.2 Å². The van der Waals surface area contributed by atoms with Gasteiger partial charge in [0.05, 0.1) is 17.2 Å². The number of rotatable bonds is 4. The molecule has 33 heavy (non-hydrogen) atoms. The third kappa shape index (κ3) is 3.48. The minimum absolute atomic E-state index is 0.105. The minimum atomic E-state index is -0.383. The van der Waals surface area contributed by atoms with Gasteiger partial charge in [0.15, 0.2) is 0 Å². The van der Waals surface area contributed by atoms with Gasteiger partial charge in [-0.05, 0) is 68.8 Å². The summed E-state index contributed by atoms with van der Waals surface area (Å²) in [7, 11) is 0. The van der Waals surface area contributed by atoms with Crippen LogP contribution in [0.2, 0.25) is 0 Å². The zero-order valence-corrected chi connectivity index (χ0v) is 19.2. The molecule has 2 aromatic heterocycles. The molecule has 5 aliphatic rings. The molecule has 7 rings (SSSR count). The lowest BCUT2D eigenvalue weighted by Gasteiger charge is -2.58. The van der Waals surface area contributed by atoms with Crippen LogP contribution in [0.5, 0.6) is 0 Å². The van der Waals surface area contributed by atoms with E-state index in [0.717, 1.165) is 61.2 Å². The van der Waals surface area contributed by atoms with Crippen molar-refractivity contribution < 1.29 is 14.3 Å². The zero-order chi connectivity index (χ0) is 22.7. The van der Waals surface area contributed by atoms with Gasteiger partial charge < -0.3 is 15.5 Å². The number of carbonyl (C=O) groups excluding carboxylic acids is 2. The Morgan fingerprint density at radius 2 is 2.03 bits per heavy atom. The SMILES string of the molecule is NC(=O)[C@]12CC3CC(C1)[C@@H](OC(=O)N1CCC[C@@H]1c1nc(-c4cc[nH]c(=O)c4)cs1)C(C3)C2. The Hall–Kier alpha value is -2.68. The zero-order valence-electron chi connectivity index (χ0n) is 18.4. The van der Waals surface area contributed by atoms with E-state index in [1.807, 2.05) is 16.3 Å². The third-order valence-corrected chi connectivity index (χ3v) is 9.26. The van der Waals surface area contributed by atoms with Gasteiger partial charge in [0.25, 0.3) is 0 Å². The number of nitrogens with zero attached hydrogens (tertiary/aromatic N) is 2. The molecule has 4 saturated carbocycles. The summed E-state index contributed by atoms with van der Waals surface area (Å²) < 4.78 is 6.16. The number of primary amides is 1. The van der Waals surface area contributed by atoms with E-state index in [9.17, 15) is 14.4 Å². The average Bonchev–Trinajstić information content (AvgIpc) is 3.45. The van der Waals surface area contributed by atoms with Crippen molar-refractivity contribution in [2.45, 2.75) is 57.1 Å². The number of aromatic nitrogens is 2. The van der Waals surface area contributed by atoms with Crippen molar-refractivity contribution in [3.63, 3.8) is 0 Å². The lowest BCUT2D eigenvalue weighted by molar-refractivity contribution is -0.161. The number of nitrogens with one attached hydrogen (secondary N) is 1. The van der Waals surface area contributed by atoms with E-state index in [0.29, 0.717) is 12.5 Å². The number of aromatic amines is 1. The number of amides is 2. The molecule has 174 valence electrons. The van der Waals surface area contributed by atoms with Crippen LogP contribution in [0.15, 0.2) is 28.5 Å². The number of ether oxygens (including phenoxy) is 1. The standard InChI is InChI=1S/C24H28N4O4S/c25-22(30)24-9-13-6-15(10-24)20(16(7-13)11-24)32-23(31)28-5-1-2-18(28)21-27-17(12-33-21)14-3-4-26-19(29)8-14/h3-4,8,12-13,15-16,18,20H,1-2,5-7,9-11H2,(H2,25,30)(H,26,29)/t13?,15?,16?,18-,20-,24-/m1/s1. The molecule has 3 heterocycles. The largest absolute Gasteiger partial charge is 0.445 e. The quantitative estimate of drug-likeness (QED) is 0.712. The number of thiazole rings is 1. The second-order valence-electron chi connectivity index (χ2n) is 10.3. The first-order valence-electron chi connectivity index (χ1n) is 11.8. The molecular formula is C24H28N4O4S. The van der Waals surface area contributed by atoms with Gasteiger partial charge in [-0.15, -0.1) is 11.3 Å². The molecular weight excluding hydrogens is 440 g/mol. The van der Waals surface area contributed by atoms with E-state index in [1.54, 1.807) is 6.20 Å². The van der Waals surface area contributed by atoms with Crippen molar-refractivity contribution in [1.29, 1.82) is 0 Å². The number of nitrogens with two attached hydrogens (primary N) is 1. The molecule has 0 radical (unpaired) electrons. The van der Waals surface area contributed by atoms with Crippen LogP contribution in [0.4, 0.5) is 4.79 Å². The predicted molar refractivity (Wildman–Crippen MR) is 122 cm³/mol. The summed E-state index contributed by atoms with van der Waals surface area (Å²) in [6.45, 7) is 0.652. The van der Waals surface area contributed by atoms with Crippen molar-refractivity contribution in [3.8, 4) is 11.3 Å². The molecule has 2 aromatic rings. The monoisotopic (exact) mass is 468 g/mol. The van der Waals surface area contributed by atoms with E-state index >= 15 is 0 Å². The second-order valence-corrected chi connectivity index (χ2v) is 11.2. The Bertz CT molecular complexity index is 1140. The van der Waals surface area contributed by atoms with Crippen LogP contribution < -0.4 is 11.3 Å². The molecule has 8 nitrogen and oxygen atoms in total. The topological polar surface area (TPSA) is 118 Å². The summed E-state index contributed by atoms with van der Waals surface area (Å²) in [5.74, 6) is 0.822. The molecule has 4 aliphatic carbocycles. The highest BCUT2D eigenvalue weighted by atomic mass is 32.1. The van der Waals surface area contributed by atoms with Crippen molar-refractivity contribution >= 4 is 23.3 Å². The van der Waals surface area contributed by atoms with E-state index in [2.05, 4.69) is 4.98 Å². The summed E-state index contributed by atoms with van der Waals surface area (Å²) in [5, 5.41) is 2.81. The van der Waals surface area contributed by atoms with Gasteiger partial charge in [0, 0.05) is 29.8 Å². The van der Waals surface area contributed by atoms with E-state index in [-0.39, 0.29) is 47.0 Å². The molecule has 2 unspecified atom stereocenters. The smallest absolute Gasteiger partial charge is 0.410 e. The fraction of sp³-hybridized carbons (Fsp3) is 0.583. The number of H-pyrrole nitrogens is 1. The normalized spacial score (nSPS) is 34.5. The predicted octanol–water partition coefficient (Wildman–Crippen LogP) is 3.45. The van der Waals surface area contributed by atoms with Crippen molar-refractivity contribution in [3.05, 3.63) is 39.1 Å². The Labute approximate surface area is 195 Å². The number of hydrogen-bond donors (Lipinski definition) is 2. The van der Waals surface area contributed by atoms with Gasteiger partial charge in [0.1, 0.15) is 11.1 Å². The molecule has 1 aliphatic heterocycles. The van der Waals surface area contributed by atoms with Crippen molar-refractivity contribution in [1.82, 2.24) is 14.9 Å².